The number of unbranched alkanes of at least 4 members (excludes halogenated alkanes) is 2. The van der Waals surface area contributed by atoms with Gasteiger partial charge in [-0.1, -0.05) is 67.7 Å². The number of hydrogen-bond acceptors (Lipinski definition) is 2. The second kappa shape index (κ2) is 9.51. The molecule has 0 fully saturated rings. The number of benzene rings is 1. The van der Waals surface area contributed by atoms with Crippen molar-refractivity contribution in [3.8, 4) is 0 Å². The quantitative estimate of drug-likeness (QED) is 0.664. The molecule has 1 aromatic carbocycles. The van der Waals surface area contributed by atoms with Gasteiger partial charge in [-0.25, -0.2) is 0 Å². The topological polar surface area (TPSA) is 21.3 Å². The molecule has 0 bridgehead atoms. The van der Waals surface area contributed by atoms with E-state index in [9.17, 15) is 0 Å². The Labute approximate surface area is 126 Å². The normalized spacial score (nSPS) is 12.9. The van der Waals surface area contributed by atoms with Gasteiger partial charge in [0.1, 0.15) is 0 Å². The van der Waals surface area contributed by atoms with Crippen LogP contribution in [-0.4, -0.2) is 19.2 Å². The molecule has 0 saturated carbocycles. The molecule has 1 atom stereocenters. The molecule has 1 N–H and O–H groups in total. The average Bonchev–Trinajstić information content (AvgIpc) is 2.39. The summed E-state index contributed by atoms with van der Waals surface area (Å²) in [6.07, 6.45) is 3.72. The van der Waals surface area contributed by atoms with Gasteiger partial charge in [-0.3, -0.25) is 0 Å². The molecule has 1 rings (SSSR count). The first-order chi connectivity index (χ1) is 9.15. The maximum absolute atomic E-state index is 6.07. The summed E-state index contributed by atoms with van der Waals surface area (Å²) in [5, 5.41) is 3.47. The highest BCUT2D eigenvalue weighted by molar-refractivity contribution is 9.10. The van der Waals surface area contributed by atoms with Crippen LogP contribution in [0, 0.1) is 0 Å². The van der Waals surface area contributed by atoms with Crippen molar-refractivity contribution in [2.24, 2.45) is 0 Å². The third-order valence-corrected chi connectivity index (χ3v) is 3.75. The van der Waals surface area contributed by atoms with Gasteiger partial charge in [-0.2, -0.15) is 0 Å². The minimum absolute atomic E-state index is 0.120. The molecular formula is C16H26BrNO. The van der Waals surface area contributed by atoms with E-state index >= 15 is 0 Å². The molecule has 1 aromatic rings. The van der Waals surface area contributed by atoms with Crippen molar-refractivity contribution < 1.29 is 4.74 Å². The lowest BCUT2D eigenvalue weighted by molar-refractivity contribution is 0.0483. The zero-order valence-corrected chi connectivity index (χ0v) is 13.9. The molecule has 108 valence electrons. The molecular weight excluding hydrogens is 302 g/mol. The fourth-order valence-electron chi connectivity index (χ4n) is 1.92. The van der Waals surface area contributed by atoms with Crippen molar-refractivity contribution in [2.75, 3.05) is 13.2 Å². The zero-order valence-electron chi connectivity index (χ0n) is 12.3. The molecule has 2 nitrogen and oxygen atoms in total. The summed E-state index contributed by atoms with van der Waals surface area (Å²) in [5.41, 5.74) is 1.23. The van der Waals surface area contributed by atoms with E-state index in [-0.39, 0.29) is 6.10 Å². The van der Waals surface area contributed by atoms with Crippen LogP contribution >= 0.6 is 15.9 Å². The smallest absolute Gasteiger partial charge is 0.0960 e. The van der Waals surface area contributed by atoms with Gasteiger partial charge in [0, 0.05) is 23.7 Å². The number of nitrogens with one attached hydrogen (secondary N) is 1. The summed E-state index contributed by atoms with van der Waals surface area (Å²) in [4.78, 5) is 0. The summed E-state index contributed by atoms with van der Waals surface area (Å²) in [7, 11) is 0. The molecule has 0 spiro atoms. The van der Waals surface area contributed by atoms with Gasteiger partial charge in [-0.15, -0.1) is 0 Å². The molecule has 3 heteroatoms. The van der Waals surface area contributed by atoms with Gasteiger partial charge >= 0.3 is 0 Å². The zero-order chi connectivity index (χ0) is 14.1. The van der Waals surface area contributed by atoms with E-state index in [1.54, 1.807) is 0 Å². The molecule has 0 saturated heterocycles. The monoisotopic (exact) mass is 327 g/mol. The lowest BCUT2D eigenvalue weighted by Crippen LogP contribution is -2.29. The first kappa shape index (κ1) is 16.7. The predicted octanol–water partition coefficient (Wildman–Crippen LogP) is 4.70. The van der Waals surface area contributed by atoms with Crippen molar-refractivity contribution in [2.45, 2.75) is 52.2 Å². The molecule has 0 aliphatic rings. The maximum Gasteiger partial charge on any atom is 0.0960 e. The Bertz CT molecular complexity index is 354. The maximum atomic E-state index is 6.07. The minimum Gasteiger partial charge on any atom is -0.372 e. The van der Waals surface area contributed by atoms with Crippen LogP contribution in [0.3, 0.4) is 0 Å². The van der Waals surface area contributed by atoms with E-state index in [2.05, 4.69) is 60.2 Å². The lowest BCUT2D eigenvalue weighted by Gasteiger charge is -2.21. The SMILES string of the molecule is CCCCCOC(CNC(C)C)c1ccccc1Br. The largest absolute Gasteiger partial charge is 0.372 e. The molecule has 0 aromatic heterocycles. The molecule has 1 unspecified atom stereocenters. The van der Waals surface area contributed by atoms with E-state index in [1.165, 1.54) is 18.4 Å². The van der Waals surface area contributed by atoms with Gasteiger partial charge in [-0.05, 0) is 18.1 Å². The highest BCUT2D eigenvalue weighted by Gasteiger charge is 2.14. The van der Waals surface area contributed by atoms with E-state index in [4.69, 9.17) is 4.74 Å². The van der Waals surface area contributed by atoms with Crippen LogP contribution in [0.4, 0.5) is 0 Å². The summed E-state index contributed by atoms with van der Waals surface area (Å²) in [6.45, 7) is 8.22. The van der Waals surface area contributed by atoms with Crippen LogP contribution in [0.15, 0.2) is 28.7 Å². The first-order valence-electron chi connectivity index (χ1n) is 7.24. The molecule has 0 radical (unpaired) electrons. The third kappa shape index (κ3) is 6.55. The molecule has 19 heavy (non-hydrogen) atoms. The first-order valence-corrected chi connectivity index (χ1v) is 8.03. The van der Waals surface area contributed by atoms with Crippen LogP contribution in [0.1, 0.15) is 51.7 Å². The van der Waals surface area contributed by atoms with E-state index < -0.39 is 0 Å². The Hall–Kier alpha value is -0.380. The summed E-state index contributed by atoms with van der Waals surface area (Å²) in [5.74, 6) is 0. The van der Waals surface area contributed by atoms with Gasteiger partial charge in [0.05, 0.1) is 6.10 Å². The summed E-state index contributed by atoms with van der Waals surface area (Å²) in [6, 6.07) is 8.79. The van der Waals surface area contributed by atoms with Crippen LogP contribution in [0.2, 0.25) is 0 Å². The second-order valence-corrected chi connectivity index (χ2v) is 6.01. The number of halogens is 1. The van der Waals surface area contributed by atoms with Gasteiger partial charge in [0.2, 0.25) is 0 Å². The predicted molar refractivity (Wildman–Crippen MR) is 85.5 cm³/mol. The van der Waals surface area contributed by atoms with Crippen molar-refractivity contribution in [3.05, 3.63) is 34.3 Å². The molecule has 0 heterocycles. The van der Waals surface area contributed by atoms with Crippen molar-refractivity contribution in [1.82, 2.24) is 5.32 Å². The molecule has 0 amide bonds. The number of rotatable bonds is 9. The van der Waals surface area contributed by atoms with E-state index in [1.807, 2.05) is 6.07 Å². The van der Waals surface area contributed by atoms with Crippen LogP contribution in [0.25, 0.3) is 0 Å². The van der Waals surface area contributed by atoms with Gasteiger partial charge in [0.25, 0.3) is 0 Å². The molecule has 0 aliphatic carbocycles. The lowest BCUT2D eigenvalue weighted by atomic mass is 10.1. The second-order valence-electron chi connectivity index (χ2n) is 5.15. The third-order valence-electron chi connectivity index (χ3n) is 3.03. The highest BCUT2D eigenvalue weighted by atomic mass is 79.9. The Morgan fingerprint density at radius 1 is 1.21 bits per heavy atom. The number of ether oxygens (including phenoxy) is 1. The Morgan fingerprint density at radius 2 is 1.95 bits per heavy atom. The van der Waals surface area contributed by atoms with Crippen molar-refractivity contribution in [3.63, 3.8) is 0 Å². The Morgan fingerprint density at radius 3 is 2.58 bits per heavy atom. The summed E-state index contributed by atoms with van der Waals surface area (Å²) >= 11 is 3.62. The highest BCUT2D eigenvalue weighted by Crippen LogP contribution is 2.25. The fraction of sp³-hybridized carbons (Fsp3) is 0.625. The standard InChI is InChI=1S/C16H26BrNO/c1-4-5-8-11-19-16(12-18-13(2)3)14-9-6-7-10-15(14)17/h6-7,9-10,13,16,18H,4-5,8,11-12H2,1-3H3. The van der Waals surface area contributed by atoms with Crippen LogP contribution < -0.4 is 5.32 Å². The average molecular weight is 328 g/mol. The van der Waals surface area contributed by atoms with Gasteiger partial charge < -0.3 is 10.1 Å². The van der Waals surface area contributed by atoms with Crippen molar-refractivity contribution >= 4 is 15.9 Å². The Kier molecular flexibility index (Phi) is 8.35. The van der Waals surface area contributed by atoms with Crippen LogP contribution in [-0.2, 0) is 4.74 Å². The fourth-order valence-corrected chi connectivity index (χ4v) is 2.46. The van der Waals surface area contributed by atoms with Crippen LogP contribution in [0.5, 0.6) is 0 Å². The summed E-state index contributed by atoms with van der Waals surface area (Å²) < 4.78 is 7.19. The van der Waals surface area contributed by atoms with Crippen molar-refractivity contribution in [1.29, 1.82) is 0 Å². The minimum atomic E-state index is 0.120. The van der Waals surface area contributed by atoms with Gasteiger partial charge in [0.15, 0.2) is 0 Å². The number of hydrogen-bond donors (Lipinski definition) is 1. The Balaban J connectivity index is 2.60. The molecule has 0 aliphatic heterocycles. The van der Waals surface area contributed by atoms with E-state index in [0.29, 0.717) is 6.04 Å². The van der Waals surface area contributed by atoms with E-state index in [0.717, 1.165) is 24.0 Å².